The van der Waals surface area contributed by atoms with Crippen molar-refractivity contribution in [3.63, 3.8) is 0 Å². The molecule has 2 amide bonds. The Morgan fingerprint density at radius 1 is 1.03 bits per heavy atom. The van der Waals surface area contributed by atoms with Crippen LogP contribution in [0.25, 0.3) is 0 Å². The lowest BCUT2D eigenvalue weighted by Gasteiger charge is -2.49. The minimum absolute atomic E-state index is 0.0911. The molecule has 2 unspecified atom stereocenters. The molecule has 2 aromatic carbocycles. The van der Waals surface area contributed by atoms with Crippen LogP contribution in [0.3, 0.4) is 0 Å². The third-order valence-electron chi connectivity index (χ3n) is 6.81. The number of piperidine rings is 2. The van der Waals surface area contributed by atoms with Crippen LogP contribution in [0, 0.1) is 11.2 Å². The summed E-state index contributed by atoms with van der Waals surface area (Å²) in [7, 11) is 0. The van der Waals surface area contributed by atoms with Gasteiger partial charge in [-0.1, -0.05) is 48.5 Å². The molecule has 2 saturated heterocycles. The third-order valence-corrected chi connectivity index (χ3v) is 6.81. The van der Waals surface area contributed by atoms with Crippen molar-refractivity contribution in [1.82, 2.24) is 10.2 Å². The van der Waals surface area contributed by atoms with Gasteiger partial charge in [-0.15, -0.1) is 0 Å². The van der Waals surface area contributed by atoms with E-state index in [0.717, 1.165) is 0 Å². The summed E-state index contributed by atoms with van der Waals surface area (Å²) in [5.74, 6) is -4.04. The van der Waals surface area contributed by atoms with Gasteiger partial charge in [0.1, 0.15) is 5.82 Å². The van der Waals surface area contributed by atoms with Crippen molar-refractivity contribution >= 4 is 11.8 Å². The Morgan fingerprint density at radius 2 is 1.66 bits per heavy atom. The van der Waals surface area contributed by atoms with Crippen LogP contribution < -0.4 is 5.32 Å². The van der Waals surface area contributed by atoms with E-state index in [1.165, 1.54) is 35.2 Å². The maximum Gasteiger partial charge on any atom is 0.404 e. The number of carbonyl (C=O) groups is 2. The number of halogens is 4. The standard InChI is InChI=1S/C24H24F4N2O2/c25-19-9-5-4-8-17(19)18-15-29-20(31)14-23(18)10-12-30(13-11-23)22(32)21(24(26,27)28)16-6-2-1-3-7-16/h1-9,18,21H,10-15H2,(H,29,31). The number of alkyl halides is 3. The van der Waals surface area contributed by atoms with E-state index in [1.807, 2.05) is 0 Å². The van der Waals surface area contributed by atoms with Crippen LogP contribution in [0.2, 0.25) is 0 Å². The number of hydrogen-bond acceptors (Lipinski definition) is 2. The van der Waals surface area contributed by atoms with Gasteiger partial charge in [0.25, 0.3) is 0 Å². The number of nitrogens with one attached hydrogen (secondary N) is 1. The first-order chi connectivity index (χ1) is 15.2. The van der Waals surface area contributed by atoms with Crippen LogP contribution in [0.15, 0.2) is 54.6 Å². The molecule has 1 N–H and O–H groups in total. The number of benzene rings is 2. The Labute approximate surface area is 183 Å². The zero-order valence-corrected chi connectivity index (χ0v) is 17.4. The number of carbonyl (C=O) groups excluding carboxylic acids is 2. The Kier molecular flexibility index (Phi) is 5.97. The fourth-order valence-corrected chi connectivity index (χ4v) is 5.13. The normalized spacial score (nSPS) is 21.8. The quantitative estimate of drug-likeness (QED) is 0.709. The Balaban J connectivity index is 1.57. The Bertz CT molecular complexity index is 985. The van der Waals surface area contributed by atoms with Crippen molar-refractivity contribution in [2.45, 2.75) is 37.3 Å². The molecule has 1 spiro atoms. The summed E-state index contributed by atoms with van der Waals surface area (Å²) >= 11 is 0. The minimum atomic E-state index is -4.71. The summed E-state index contributed by atoms with van der Waals surface area (Å²) in [6.45, 7) is 0.454. The first kappa shape index (κ1) is 22.3. The molecule has 32 heavy (non-hydrogen) atoms. The fourth-order valence-electron chi connectivity index (χ4n) is 5.13. The average Bonchev–Trinajstić information content (AvgIpc) is 2.75. The zero-order chi connectivity index (χ0) is 22.9. The highest BCUT2D eigenvalue weighted by Gasteiger charge is 2.51. The van der Waals surface area contributed by atoms with Crippen molar-refractivity contribution in [2.75, 3.05) is 19.6 Å². The molecule has 2 atom stereocenters. The molecule has 0 bridgehead atoms. The highest BCUT2D eigenvalue weighted by molar-refractivity contribution is 5.85. The van der Waals surface area contributed by atoms with Gasteiger partial charge in [-0.05, 0) is 35.4 Å². The molecule has 170 valence electrons. The van der Waals surface area contributed by atoms with E-state index in [0.29, 0.717) is 18.4 Å². The van der Waals surface area contributed by atoms with Gasteiger partial charge in [0.05, 0.1) is 0 Å². The highest BCUT2D eigenvalue weighted by atomic mass is 19.4. The minimum Gasteiger partial charge on any atom is -0.355 e. The number of rotatable bonds is 3. The molecule has 8 heteroatoms. The van der Waals surface area contributed by atoms with Gasteiger partial charge < -0.3 is 10.2 Å². The second-order valence-corrected chi connectivity index (χ2v) is 8.63. The summed E-state index contributed by atoms with van der Waals surface area (Å²) in [6, 6.07) is 13.5. The second kappa shape index (κ2) is 8.56. The summed E-state index contributed by atoms with van der Waals surface area (Å²) < 4.78 is 55.9. The van der Waals surface area contributed by atoms with Crippen LogP contribution in [0.5, 0.6) is 0 Å². The van der Waals surface area contributed by atoms with Gasteiger partial charge in [0.2, 0.25) is 11.8 Å². The van der Waals surface area contributed by atoms with Gasteiger partial charge in [-0.2, -0.15) is 13.2 Å². The largest absolute Gasteiger partial charge is 0.404 e. The summed E-state index contributed by atoms with van der Waals surface area (Å²) in [5, 5.41) is 2.79. The molecule has 4 nitrogen and oxygen atoms in total. The van der Waals surface area contributed by atoms with Crippen molar-refractivity contribution in [2.24, 2.45) is 5.41 Å². The van der Waals surface area contributed by atoms with E-state index >= 15 is 0 Å². The molecule has 2 aromatic rings. The van der Waals surface area contributed by atoms with E-state index in [2.05, 4.69) is 5.32 Å². The van der Waals surface area contributed by atoms with E-state index in [1.54, 1.807) is 24.3 Å². The third kappa shape index (κ3) is 4.23. The van der Waals surface area contributed by atoms with Crippen molar-refractivity contribution < 1.29 is 27.2 Å². The molecule has 2 aliphatic rings. The fraction of sp³-hybridized carbons (Fsp3) is 0.417. The molecule has 4 rings (SSSR count). The molecule has 0 aromatic heterocycles. The van der Waals surface area contributed by atoms with Crippen LogP contribution in [0.1, 0.15) is 42.2 Å². The SMILES string of the molecule is O=C1CC2(CCN(C(=O)C(c3ccccc3)C(F)(F)F)CC2)C(c2ccccc2F)CN1. The Morgan fingerprint density at radius 3 is 2.28 bits per heavy atom. The van der Waals surface area contributed by atoms with Crippen molar-refractivity contribution in [3.8, 4) is 0 Å². The van der Waals surface area contributed by atoms with Crippen molar-refractivity contribution in [1.29, 1.82) is 0 Å². The number of amides is 2. The average molecular weight is 448 g/mol. The predicted molar refractivity (Wildman–Crippen MR) is 110 cm³/mol. The van der Waals surface area contributed by atoms with Crippen LogP contribution in [-0.4, -0.2) is 42.5 Å². The number of nitrogens with zero attached hydrogens (tertiary/aromatic N) is 1. The van der Waals surface area contributed by atoms with Crippen LogP contribution in [-0.2, 0) is 9.59 Å². The first-order valence-electron chi connectivity index (χ1n) is 10.6. The Hall–Kier alpha value is -2.90. The molecule has 0 saturated carbocycles. The predicted octanol–water partition coefficient (Wildman–Crippen LogP) is 4.38. The van der Waals surface area contributed by atoms with E-state index in [-0.39, 0.29) is 49.3 Å². The molecular weight excluding hydrogens is 424 g/mol. The lowest BCUT2D eigenvalue weighted by Crippen LogP contribution is -2.54. The maximum absolute atomic E-state index is 14.5. The van der Waals surface area contributed by atoms with Gasteiger partial charge in [-0.3, -0.25) is 9.59 Å². The molecule has 0 radical (unpaired) electrons. The molecule has 2 aliphatic heterocycles. The number of likely N-dealkylation sites (tertiary alicyclic amines) is 1. The smallest absolute Gasteiger partial charge is 0.355 e. The van der Waals surface area contributed by atoms with E-state index < -0.39 is 23.4 Å². The van der Waals surface area contributed by atoms with Gasteiger partial charge >= 0.3 is 6.18 Å². The second-order valence-electron chi connectivity index (χ2n) is 8.63. The van der Waals surface area contributed by atoms with Crippen LogP contribution in [0.4, 0.5) is 17.6 Å². The van der Waals surface area contributed by atoms with Gasteiger partial charge in [0, 0.05) is 32.0 Å². The highest BCUT2D eigenvalue weighted by Crippen LogP contribution is 2.50. The van der Waals surface area contributed by atoms with Crippen LogP contribution >= 0.6 is 0 Å². The topological polar surface area (TPSA) is 49.4 Å². The van der Waals surface area contributed by atoms with E-state index in [9.17, 15) is 27.2 Å². The van der Waals surface area contributed by atoms with Gasteiger partial charge in [-0.25, -0.2) is 4.39 Å². The van der Waals surface area contributed by atoms with E-state index in [4.69, 9.17) is 0 Å². The van der Waals surface area contributed by atoms with Gasteiger partial charge in [0.15, 0.2) is 5.92 Å². The lowest BCUT2D eigenvalue weighted by atomic mass is 9.62. The molecule has 0 aliphatic carbocycles. The first-order valence-corrected chi connectivity index (χ1v) is 10.6. The number of hydrogen-bond donors (Lipinski definition) is 1. The summed E-state index contributed by atoms with van der Waals surface area (Å²) in [6.07, 6.45) is -3.88. The zero-order valence-electron chi connectivity index (χ0n) is 17.4. The van der Waals surface area contributed by atoms with Crippen molar-refractivity contribution in [3.05, 3.63) is 71.5 Å². The molecular formula is C24H24F4N2O2. The lowest BCUT2D eigenvalue weighted by molar-refractivity contribution is -0.173. The summed E-state index contributed by atoms with van der Waals surface area (Å²) in [4.78, 5) is 26.4. The molecule has 2 fully saturated rings. The maximum atomic E-state index is 14.5. The monoisotopic (exact) mass is 448 g/mol. The summed E-state index contributed by atoms with van der Waals surface area (Å²) in [5.41, 5.74) is -0.196. The molecule has 2 heterocycles.